The molecule has 16 heavy (non-hydrogen) atoms. The van der Waals surface area contributed by atoms with Gasteiger partial charge in [0.1, 0.15) is 0 Å². The Hall–Kier alpha value is -0.380. The zero-order valence-electron chi connectivity index (χ0n) is 9.79. The predicted octanol–water partition coefficient (Wildman–Crippen LogP) is 2.76. The molecular formula is C13H18BrNO. The molecule has 1 aromatic rings. The lowest BCUT2D eigenvalue weighted by atomic mass is 10.0. The highest BCUT2D eigenvalue weighted by Crippen LogP contribution is 2.20. The van der Waals surface area contributed by atoms with E-state index in [1.807, 2.05) is 6.07 Å². The summed E-state index contributed by atoms with van der Waals surface area (Å²) >= 11 is 3.57. The summed E-state index contributed by atoms with van der Waals surface area (Å²) in [5.41, 5.74) is 1.43. The van der Waals surface area contributed by atoms with Crippen molar-refractivity contribution in [3.8, 4) is 0 Å². The Balaban J connectivity index is 1.95. The number of rotatable bonds is 2. The van der Waals surface area contributed by atoms with Crippen molar-refractivity contribution in [1.29, 1.82) is 0 Å². The van der Waals surface area contributed by atoms with Crippen molar-refractivity contribution in [2.24, 2.45) is 0 Å². The molecule has 1 aromatic carbocycles. The van der Waals surface area contributed by atoms with E-state index in [0.29, 0.717) is 0 Å². The van der Waals surface area contributed by atoms with Crippen LogP contribution in [0.25, 0.3) is 0 Å². The van der Waals surface area contributed by atoms with E-state index in [0.717, 1.165) is 19.6 Å². The Kier molecular flexibility index (Phi) is 3.67. The molecule has 1 heterocycles. The van der Waals surface area contributed by atoms with E-state index in [4.69, 9.17) is 4.74 Å². The van der Waals surface area contributed by atoms with Crippen molar-refractivity contribution in [2.75, 3.05) is 13.2 Å². The van der Waals surface area contributed by atoms with Gasteiger partial charge in [-0.2, -0.15) is 0 Å². The van der Waals surface area contributed by atoms with Crippen LogP contribution in [0.4, 0.5) is 0 Å². The number of halogens is 1. The lowest BCUT2D eigenvalue weighted by molar-refractivity contribution is -0.0207. The van der Waals surface area contributed by atoms with E-state index in [1.165, 1.54) is 10.0 Å². The average molecular weight is 284 g/mol. The molecule has 1 atom stereocenters. The second-order valence-corrected chi connectivity index (χ2v) is 5.85. The van der Waals surface area contributed by atoms with Crippen LogP contribution in [0.15, 0.2) is 28.7 Å². The molecule has 0 spiro atoms. The van der Waals surface area contributed by atoms with E-state index in [1.54, 1.807) is 0 Å². The molecule has 1 aliphatic rings. The van der Waals surface area contributed by atoms with E-state index in [2.05, 4.69) is 53.3 Å². The summed E-state index contributed by atoms with van der Waals surface area (Å²) in [6.45, 7) is 6.04. The molecular weight excluding hydrogens is 266 g/mol. The van der Waals surface area contributed by atoms with Crippen LogP contribution in [-0.4, -0.2) is 24.8 Å². The van der Waals surface area contributed by atoms with Gasteiger partial charge in [0.15, 0.2) is 0 Å². The number of hydrogen-bond acceptors (Lipinski definition) is 2. The van der Waals surface area contributed by atoms with Gasteiger partial charge in [0.05, 0.1) is 12.7 Å². The first-order chi connectivity index (χ1) is 7.57. The third-order valence-corrected chi connectivity index (χ3v) is 3.67. The van der Waals surface area contributed by atoms with Crippen LogP contribution in [0.5, 0.6) is 0 Å². The average Bonchev–Trinajstić information content (AvgIpc) is 2.24. The normalized spacial score (nSPS) is 24.3. The van der Waals surface area contributed by atoms with Crippen LogP contribution < -0.4 is 5.32 Å². The molecule has 0 radical (unpaired) electrons. The molecule has 2 nitrogen and oxygen atoms in total. The van der Waals surface area contributed by atoms with Gasteiger partial charge in [-0.1, -0.05) is 34.1 Å². The molecule has 0 aliphatic carbocycles. The summed E-state index contributed by atoms with van der Waals surface area (Å²) < 4.78 is 7.04. The first kappa shape index (κ1) is 12.1. The Labute approximate surface area is 106 Å². The zero-order valence-corrected chi connectivity index (χ0v) is 11.4. The zero-order chi connectivity index (χ0) is 11.6. The van der Waals surface area contributed by atoms with E-state index >= 15 is 0 Å². The summed E-state index contributed by atoms with van der Waals surface area (Å²) in [5.74, 6) is 0. The van der Waals surface area contributed by atoms with Gasteiger partial charge in [-0.05, 0) is 25.5 Å². The highest BCUT2D eigenvalue weighted by Gasteiger charge is 2.26. The molecule has 2 rings (SSSR count). The molecule has 3 heteroatoms. The van der Waals surface area contributed by atoms with Crippen LogP contribution in [0.3, 0.4) is 0 Å². The quantitative estimate of drug-likeness (QED) is 0.901. The molecule has 0 saturated carbocycles. The second kappa shape index (κ2) is 4.86. The smallest absolute Gasteiger partial charge is 0.0741 e. The summed E-state index contributed by atoms with van der Waals surface area (Å²) in [4.78, 5) is 0. The van der Waals surface area contributed by atoms with Crippen LogP contribution in [0.2, 0.25) is 0 Å². The summed E-state index contributed by atoms with van der Waals surface area (Å²) in [6, 6.07) is 8.33. The van der Waals surface area contributed by atoms with E-state index in [9.17, 15) is 0 Å². The van der Waals surface area contributed by atoms with Gasteiger partial charge in [-0.15, -0.1) is 0 Å². The minimum Gasteiger partial charge on any atom is -0.375 e. The number of nitrogens with one attached hydrogen (secondary N) is 1. The highest BCUT2D eigenvalue weighted by atomic mass is 79.9. The SMILES string of the molecule is CC1(C)COC(Cc2ccccc2Br)CN1. The Morgan fingerprint density at radius 3 is 2.81 bits per heavy atom. The second-order valence-electron chi connectivity index (χ2n) is 4.99. The number of morpholine rings is 1. The predicted molar refractivity (Wildman–Crippen MR) is 69.7 cm³/mol. The van der Waals surface area contributed by atoms with Gasteiger partial charge in [-0.25, -0.2) is 0 Å². The maximum atomic E-state index is 5.87. The van der Waals surface area contributed by atoms with E-state index in [-0.39, 0.29) is 11.6 Å². The lowest BCUT2D eigenvalue weighted by Crippen LogP contribution is -2.53. The lowest BCUT2D eigenvalue weighted by Gasteiger charge is -2.36. The first-order valence-corrected chi connectivity index (χ1v) is 6.46. The van der Waals surface area contributed by atoms with Gasteiger partial charge in [-0.3, -0.25) is 0 Å². The minimum atomic E-state index is 0.115. The van der Waals surface area contributed by atoms with Crippen LogP contribution in [0, 0.1) is 0 Å². The van der Waals surface area contributed by atoms with Crippen LogP contribution >= 0.6 is 15.9 Å². The van der Waals surface area contributed by atoms with Crippen molar-refractivity contribution >= 4 is 15.9 Å². The molecule has 1 saturated heterocycles. The Bertz CT molecular complexity index is 355. The van der Waals surface area contributed by atoms with Crippen LogP contribution in [-0.2, 0) is 11.2 Å². The highest BCUT2D eigenvalue weighted by molar-refractivity contribution is 9.10. The molecule has 0 bridgehead atoms. The van der Waals surface area contributed by atoms with Gasteiger partial charge in [0, 0.05) is 23.0 Å². The van der Waals surface area contributed by atoms with Crippen molar-refractivity contribution in [3.05, 3.63) is 34.3 Å². The number of hydrogen-bond donors (Lipinski definition) is 1. The van der Waals surface area contributed by atoms with E-state index < -0.39 is 0 Å². The summed E-state index contributed by atoms with van der Waals surface area (Å²) in [5, 5.41) is 3.51. The minimum absolute atomic E-state index is 0.115. The third kappa shape index (κ3) is 3.06. The largest absolute Gasteiger partial charge is 0.375 e. The third-order valence-electron chi connectivity index (χ3n) is 2.89. The van der Waals surface area contributed by atoms with Crippen molar-refractivity contribution in [2.45, 2.75) is 31.9 Å². The molecule has 1 aliphatic heterocycles. The van der Waals surface area contributed by atoms with Crippen molar-refractivity contribution < 1.29 is 4.74 Å². The van der Waals surface area contributed by atoms with Crippen LogP contribution in [0.1, 0.15) is 19.4 Å². The van der Waals surface area contributed by atoms with Gasteiger partial charge < -0.3 is 10.1 Å². The topological polar surface area (TPSA) is 21.3 Å². The van der Waals surface area contributed by atoms with Gasteiger partial charge in [0.25, 0.3) is 0 Å². The first-order valence-electron chi connectivity index (χ1n) is 5.67. The Morgan fingerprint density at radius 1 is 1.44 bits per heavy atom. The standard InChI is InChI=1S/C13H18BrNO/c1-13(2)9-16-11(8-15-13)7-10-5-3-4-6-12(10)14/h3-6,11,15H,7-9H2,1-2H3. The molecule has 1 fully saturated rings. The maximum absolute atomic E-state index is 5.87. The van der Waals surface area contributed by atoms with Crippen molar-refractivity contribution in [3.63, 3.8) is 0 Å². The van der Waals surface area contributed by atoms with Crippen molar-refractivity contribution in [1.82, 2.24) is 5.32 Å². The molecule has 1 unspecified atom stereocenters. The van der Waals surface area contributed by atoms with Gasteiger partial charge in [0.2, 0.25) is 0 Å². The maximum Gasteiger partial charge on any atom is 0.0741 e. The monoisotopic (exact) mass is 283 g/mol. The fraction of sp³-hybridized carbons (Fsp3) is 0.538. The number of ether oxygens (including phenoxy) is 1. The number of benzene rings is 1. The van der Waals surface area contributed by atoms with Gasteiger partial charge >= 0.3 is 0 Å². The molecule has 1 N–H and O–H groups in total. The molecule has 0 amide bonds. The molecule has 0 aromatic heterocycles. The molecule has 88 valence electrons. The fourth-order valence-corrected chi connectivity index (χ4v) is 2.31. The summed E-state index contributed by atoms with van der Waals surface area (Å²) in [6.07, 6.45) is 1.25. The summed E-state index contributed by atoms with van der Waals surface area (Å²) in [7, 11) is 0. The Morgan fingerprint density at radius 2 is 2.19 bits per heavy atom. The fourth-order valence-electron chi connectivity index (χ4n) is 1.87.